The third-order valence-electron chi connectivity index (χ3n) is 4.69. The predicted molar refractivity (Wildman–Crippen MR) is 123 cm³/mol. The second kappa shape index (κ2) is 11.4. The van der Waals surface area contributed by atoms with Crippen LogP contribution < -0.4 is 14.2 Å². The Morgan fingerprint density at radius 2 is 1.09 bits per heavy atom. The van der Waals surface area contributed by atoms with Gasteiger partial charge >= 0.3 is 17.7 Å². The molecule has 0 amide bonds. The maximum atomic E-state index is 12.8. The SMILES string of the molecule is COc1ccc(COC(=O)C(O)(Oc2ccc(Cl)cc2)C(=O)OCc2ccc(OC)cc2)cc1. The van der Waals surface area contributed by atoms with Crippen molar-refractivity contribution in [3.63, 3.8) is 0 Å². The van der Waals surface area contributed by atoms with Gasteiger partial charge in [0, 0.05) is 5.02 Å². The summed E-state index contributed by atoms with van der Waals surface area (Å²) in [5.74, 6) is -4.46. The van der Waals surface area contributed by atoms with Crippen LogP contribution in [0.25, 0.3) is 0 Å². The molecule has 0 aliphatic rings. The molecule has 0 saturated heterocycles. The maximum absolute atomic E-state index is 12.8. The average molecular weight is 487 g/mol. The summed E-state index contributed by atoms with van der Waals surface area (Å²) in [7, 11) is 3.06. The molecule has 9 heteroatoms. The molecule has 34 heavy (non-hydrogen) atoms. The van der Waals surface area contributed by atoms with E-state index in [1.165, 1.54) is 38.5 Å². The zero-order valence-electron chi connectivity index (χ0n) is 18.5. The number of halogens is 1. The van der Waals surface area contributed by atoms with Crippen molar-refractivity contribution >= 4 is 23.5 Å². The van der Waals surface area contributed by atoms with E-state index >= 15 is 0 Å². The molecule has 0 unspecified atom stereocenters. The van der Waals surface area contributed by atoms with Gasteiger partial charge in [-0.1, -0.05) is 35.9 Å². The fourth-order valence-electron chi connectivity index (χ4n) is 2.78. The molecule has 178 valence electrons. The van der Waals surface area contributed by atoms with E-state index in [0.717, 1.165) is 0 Å². The predicted octanol–water partition coefficient (Wildman–Crippen LogP) is 3.91. The molecule has 0 saturated carbocycles. The highest BCUT2D eigenvalue weighted by Gasteiger charge is 2.51. The number of aliphatic hydroxyl groups is 1. The van der Waals surface area contributed by atoms with Crippen LogP contribution in [0.2, 0.25) is 5.02 Å². The van der Waals surface area contributed by atoms with Crippen molar-refractivity contribution in [1.29, 1.82) is 0 Å². The third-order valence-corrected chi connectivity index (χ3v) is 4.94. The Hall–Kier alpha value is -3.75. The number of hydrogen-bond donors (Lipinski definition) is 1. The Kier molecular flexibility index (Phi) is 8.34. The number of carbonyl (C=O) groups is 2. The summed E-state index contributed by atoms with van der Waals surface area (Å²) in [5.41, 5.74) is 1.21. The van der Waals surface area contributed by atoms with E-state index in [4.69, 9.17) is 35.3 Å². The van der Waals surface area contributed by atoms with E-state index in [-0.39, 0.29) is 19.0 Å². The van der Waals surface area contributed by atoms with Crippen LogP contribution in [-0.4, -0.2) is 37.1 Å². The van der Waals surface area contributed by atoms with Crippen LogP contribution in [0.15, 0.2) is 72.8 Å². The van der Waals surface area contributed by atoms with E-state index in [1.807, 2.05) is 0 Å². The first-order valence-corrected chi connectivity index (χ1v) is 10.5. The number of methoxy groups -OCH3 is 2. The second-order valence-corrected chi connectivity index (χ2v) is 7.48. The normalized spacial score (nSPS) is 10.8. The van der Waals surface area contributed by atoms with E-state index in [0.29, 0.717) is 27.6 Å². The minimum Gasteiger partial charge on any atom is -0.497 e. The van der Waals surface area contributed by atoms with E-state index in [1.54, 1.807) is 48.5 Å². The molecule has 0 aromatic heterocycles. The van der Waals surface area contributed by atoms with Gasteiger partial charge in [0.05, 0.1) is 14.2 Å². The van der Waals surface area contributed by atoms with Crippen LogP contribution in [0.4, 0.5) is 0 Å². The summed E-state index contributed by atoms with van der Waals surface area (Å²) in [6.45, 7) is -0.443. The van der Waals surface area contributed by atoms with Crippen LogP contribution in [0.5, 0.6) is 17.2 Å². The molecule has 0 spiro atoms. The lowest BCUT2D eigenvalue weighted by Gasteiger charge is -2.25. The molecule has 0 fully saturated rings. The zero-order valence-corrected chi connectivity index (χ0v) is 19.3. The van der Waals surface area contributed by atoms with Gasteiger partial charge in [0.1, 0.15) is 30.5 Å². The van der Waals surface area contributed by atoms with Crippen LogP contribution in [0.1, 0.15) is 11.1 Å². The van der Waals surface area contributed by atoms with Crippen molar-refractivity contribution in [2.24, 2.45) is 0 Å². The Labute approximate surface area is 201 Å². The first-order chi connectivity index (χ1) is 16.3. The number of carbonyl (C=O) groups excluding carboxylic acids is 2. The molecule has 0 radical (unpaired) electrons. The maximum Gasteiger partial charge on any atom is 0.409 e. The first-order valence-electron chi connectivity index (χ1n) is 10.1. The highest BCUT2D eigenvalue weighted by atomic mass is 35.5. The Bertz CT molecular complexity index is 1030. The molecule has 0 aliphatic carbocycles. The minimum absolute atomic E-state index is 0.00898. The molecule has 0 atom stereocenters. The van der Waals surface area contributed by atoms with Gasteiger partial charge in [0.25, 0.3) is 0 Å². The van der Waals surface area contributed by atoms with E-state index in [9.17, 15) is 14.7 Å². The largest absolute Gasteiger partial charge is 0.497 e. The summed E-state index contributed by atoms with van der Waals surface area (Å²) < 4.78 is 25.8. The summed E-state index contributed by atoms with van der Waals surface area (Å²) in [5, 5.41) is 11.3. The van der Waals surface area contributed by atoms with Crippen molar-refractivity contribution in [2.75, 3.05) is 14.2 Å². The van der Waals surface area contributed by atoms with E-state index < -0.39 is 17.7 Å². The summed E-state index contributed by atoms with van der Waals surface area (Å²) in [6.07, 6.45) is 0. The summed E-state index contributed by atoms with van der Waals surface area (Å²) in [6, 6.07) is 19.2. The molecule has 3 rings (SSSR count). The molecule has 3 aromatic carbocycles. The second-order valence-electron chi connectivity index (χ2n) is 7.05. The summed E-state index contributed by atoms with van der Waals surface area (Å²) in [4.78, 5) is 25.6. The fraction of sp³-hybridized carbons (Fsp3) is 0.200. The smallest absolute Gasteiger partial charge is 0.409 e. The quantitative estimate of drug-likeness (QED) is 0.261. The van der Waals surface area contributed by atoms with E-state index in [2.05, 4.69) is 0 Å². The lowest BCUT2D eigenvalue weighted by molar-refractivity contribution is -0.218. The highest BCUT2D eigenvalue weighted by molar-refractivity contribution is 6.30. The van der Waals surface area contributed by atoms with Gasteiger partial charge in [-0.25, -0.2) is 9.59 Å². The van der Waals surface area contributed by atoms with Crippen molar-refractivity contribution in [1.82, 2.24) is 0 Å². The Morgan fingerprint density at radius 1 is 0.706 bits per heavy atom. The standard InChI is InChI=1S/C25H23ClO8/c1-30-20-9-3-17(4-10-20)15-32-23(27)25(29,34-22-13-7-19(26)8-14-22)24(28)33-16-18-5-11-21(31-2)12-6-18/h3-14,29H,15-16H2,1-2H3. The van der Waals surface area contributed by atoms with Gasteiger partial charge in [-0.2, -0.15) is 0 Å². The van der Waals surface area contributed by atoms with Crippen molar-refractivity contribution in [2.45, 2.75) is 19.0 Å². The minimum atomic E-state index is -3.05. The number of rotatable bonds is 10. The lowest BCUT2D eigenvalue weighted by atomic mass is 10.2. The van der Waals surface area contributed by atoms with Crippen molar-refractivity contribution in [3.05, 3.63) is 88.9 Å². The van der Waals surface area contributed by atoms with Crippen molar-refractivity contribution in [3.8, 4) is 17.2 Å². The van der Waals surface area contributed by atoms with Crippen LogP contribution in [0, 0.1) is 0 Å². The van der Waals surface area contributed by atoms with Gasteiger partial charge in [-0.3, -0.25) is 0 Å². The molecule has 8 nitrogen and oxygen atoms in total. The molecule has 0 heterocycles. The highest BCUT2D eigenvalue weighted by Crippen LogP contribution is 2.23. The Balaban J connectivity index is 1.74. The zero-order chi connectivity index (χ0) is 24.6. The monoisotopic (exact) mass is 486 g/mol. The number of esters is 2. The topological polar surface area (TPSA) is 101 Å². The van der Waals surface area contributed by atoms with Gasteiger partial charge < -0.3 is 28.8 Å². The van der Waals surface area contributed by atoms with Gasteiger partial charge in [-0.15, -0.1) is 0 Å². The van der Waals surface area contributed by atoms with Gasteiger partial charge in [0.2, 0.25) is 0 Å². The summed E-state index contributed by atoms with van der Waals surface area (Å²) >= 11 is 5.87. The Morgan fingerprint density at radius 3 is 1.47 bits per heavy atom. The van der Waals surface area contributed by atoms with Crippen molar-refractivity contribution < 1.29 is 38.4 Å². The molecule has 1 N–H and O–H groups in total. The van der Waals surface area contributed by atoms with Crippen LogP contribution in [-0.2, 0) is 32.3 Å². The van der Waals surface area contributed by atoms with Crippen LogP contribution in [0.3, 0.4) is 0 Å². The third kappa shape index (κ3) is 6.40. The van der Waals surface area contributed by atoms with Gasteiger partial charge in [-0.05, 0) is 59.7 Å². The number of ether oxygens (including phenoxy) is 5. The molecule has 0 aliphatic heterocycles. The molecule has 0 bridgehead atoms. The first kappa shape index (κ1) is 24.9. The average Bonchev–Trinajstić information content (AvgIpc) is 2.87. The molecular formula is C25H23ClO8. The number of benzene rings is 3. The fourth-order valence-corrected chi connectivity index (χ4v) is 2.90. The molecule has 3 aromatic rings. The number of hydrogen-bond acceptors (Lipinski definition) is 8. The van der Waals surface area contributed by atoms with Gasteiger partial charge in [0.15, 0.2) is 0 Å². The molecular weight excluding hydrogens is 464 g/mol. The lowest BCUT2D eigenvalue weighted by Crippen LogP contribution is -2.53. The van der Waals surface area contributed by atoms with Crippen LogP contribution >= 0.6 is 11.6 Å².